The highest BCUT2D eigenvalue weighted by atomic mass is 35.5. The Labute approximate surface area is 118 Å². The van der Waals surface area contributed by atoms with Crippen molar-refractivity contribution in [2.45, 2.75) is 13.3 Å². The van der Waals surface area contributed by atoms with Crippen molar-refractivity contribution in [1.29, 1.82) is 0 Å². The Morgan fingerprint density at radius 1 is 1.33 bits per heavy atom. The van der Waals surface area contributed by atoms with Crippen molar-refractivity contribution in [3.05, 3.63) is 38.8 Å². The summed E-state index contributed by atoms with van der Waals surface area (Å²) in [4.78, 5) is 15.8. The number of nitrogens with zero attached hydrogens (tertiary/aromatic N) is 1. The summed E-state index contributed by atoms with van der Waals surface area (Å²) < 4.78 is 0. The SMILES string of the molecule is Cc1nc(-c2cc(Cl)cc(Cl)c2)sc1CC(=O)O. The highest BCUT2D eigenvalue weighted by Gasteiger charge is 2.13. The second kappa shape index (κ2) is 5.26. The third-order valence-electron chi connectivity index (χ3n) is 2.31. The van der Waals surface area contributed by atoms with Crippen LogP contribution in [0.1, 0.15) is 10.6 Å². The number of aromatic nitrogens is 1. The lowest BCUT2D eigenvalue weighted by Crippen LogP contribution is -1.99. The zero-order valence-corrected chi connectivity index (χ0v) is 11.7. The van der Waals surface area contributed by atoms with Gasteiger partial charge in [-0.2, -0.15) is 0 Å². The van der Waals surface area contributed by atoms with Gasteiger partial charge in [0.1, 0.15) is 5.01 Å². The second-order valence-corrected chi connectivity index (χ2v) is 5.71. The fourth-order valence-electron chi connectivity index (χ4n) is 1.53. The van der Waals surface area contributed by atoms with Gasteiger partial charge in [0.25, 0.3) is 0 Å². The van der Waals surface area contributed by atoms with Crippen molar-refractivity contribution in [2.75, 3.05) is 0 Å². The standard InChI is InChI=1S/C12H9Cl2NO2S/c1-6-10(5-11(16)17)18-12(15-6)7-2-8(13)4-9(14)3-7/h2-4H,5H2,1H3,(H,16,17). The summed E-state index contributed by atoms with van der Waals surface area (Å²) in [5, 5.41) is 10.6. The fourth-order valence-corrected chi connectivity index (χ4v) is 3.10. The number of benzene rings is 1. The van der Waals surface area contributed by atoms with E-state index in [1.54, 1.807) is 25.1 Å². The predicted molar refractivity (Wildman–Crippen MR) is 73.6 cm³/mol. The summed E-state index contributed by atoms with van der Waals surface area (Å²) >= 11 is 13.2. The van der Waals surface area contributed by atoms with Crippen molar-refractivity contribution in [3.8, 4) is 10.6 Å². The molecule has 0 spiro atoms. The van der Waals surface area contributed by atoms with E-state index in [0.717, 1.165) is 21.1 Å². The zero-order valence-electron chi connectivity index (χ0n) is 9.41. The predicted octanol–water partition coefficient (Wildman–Crippen LogP) is 4.05. The van der Waals surface area contributed by atoms with Gasteiger partial charge in [-0.1, -0.05) is 23.2 Å². The smallest absolute Gasteiger partial charge is 0.308 e. The first-order chi connectivity index (χ1) is 8.45. The molecule has 0 fully saturated rings. The first kappa shape index (κ1) is 13.3. The molecule has 0 aliphatic heterocycles. The maximum absolute atomic E-state index is 10.7. The van der Waals surface area contributed by atoms with Gasteiger partial charge >= 0.3 is 5.97 Å². The van der Waals surface area contributed by atoms with E-state index in [1.165, 1.54) is 11.3 Å². The fraction of sp³-hybridized carbons (Fsp3) is 0.167. The van der Waals surface area contributed by atoms with Crippen LogP contribution in [-0.2, 0) is 11.2 Å². The van der Waals surface area contributed by atoms with E-state index < -0.39 is 5.97 Å². The minimum atomic E-state index is -0.863. The van der Waals surface area contributed by atoms with Gasteiger partial charge in [-0.25, -0.2) is 4.98 Å². The molecule has 3 nitrogen and oxygen atoms in total. The van der Waals surface area contributed by atoms with Crippen LogP contribution in [0.3, 0.4) is 0 Å². The number of carboxylic acids is 1. The number of thiazole rings is 1. The highest BCUT2D eigenvalue weighted by molar-refractivity contribution is 7.15. The van der Waals surface area contributed by atoms with Crippen molar-refractivity contribution in [2.24, 2.45) is 0 Å². The Morgan fingerprint density at radius 2 is 1.94 bits per heavy atom. The molecule has 1 heterocycles. The molecule has 0 aliphatic rings. The van der Waals surface area contributed by atoms with Gasteiger partial charge in [0.15, 0.2) is 0 Å². The Balaban J connectivity index is 2.42. The number of hydrogen-bond acceptors (Lipinski definition) is 3. The topological polar surface area (TPSA) is 50.2 Å². The zero-order chi connectivity index (χ0) is 13.3. The van der Waals surface area contributed by atoms with Gasteiger partial charge in [-0.3, -0.25) is 4.79 Å². The third kappa shape index (κ3) is 3.02. The molecule has 94 valence electrons. The molecule has 0 radical (unpaired) electrons. The summed E-state index contributed by atoms with van der Waals surface area (Å²) in [6.45, 7) is 1.80. The van der Waals surface area contributed by atoms with E-state index in [4.69, 9.17) is 28.3 Å². The third-order valence-corrected chi connectivity index (χ3v) is 3.96. The monoisotopic (exact) mass is 301 g/mol. The quantitative estimate of drug-likeness (QED) is 0.930. The molecular formula is C12H9Cl2NO2S. The molecule has 0 bridgehead atoms. The van der Waals surface area contributed by atoms with Crippen molar-refractivity contribution in [3.63, 3.8) is 0 Å². The maximum Gasteiger partial charge on any atom is 0.308 e. The molecule has 0 unspecified atom stereocenters. The van der Waals surface area contributed by atoms with Crippen LogP contribution in [-0.4, -0.2) is 16.1 Å². The van der Waals surface area contributed by atoms with Crippen LogP contribution < -0.4 is 0 Å². The average Bonchev–Trinajstić information content (AvgIpc) is 2.58. The van der Waals surface area contributed by atoms with E-state index in [0.29, 0.717) is 10.0 Å². The Morgan fingerprint density at radius 3 is 2.50 bits per heavy atom. The molecule has 6 heteroatoms. The second-order valence-electron chi connectivity index (χ2n) is 3.76. The number of carboxylic acid groups (broad SMARTS) is 1. The molecule has 0 saturated heterocycles. The lowest BCUT2D eigenvalue weighted by molar-refractivity contribution is -0.136. The first-order valence-corrected chi connectivity index (χ1v) is 6.67. The molecule has 0 aliphatic carbocycles. The summed E-state index contributed by atoms with van der Waals surface area (Å²) in [7, 11) is 0. The van der Waals surface area contributed by atoms with Crippen LogP contribution in [0, 0.1) is 6.92 Å². The van der Waals surface area contributed by atoms with Crippen molar-refractivity contribution in [1.82, 2.24) is 4.98 Å². The van der Waals surface area contributed by atoms with Gasteiger partial charge in [-0.15, -0.1) is 11.3 Å². The molecule has 0 atom stereocenters. The molecule has 1 aromatic heterocycles. The Bertz CT molecular complexity index is 590. The summed E-state index contributed by atoms with van der Waals surface area (Å²) in [5.74, 6) is -0.863. The minimum absolute atomic E-state index is 0.0161. The van der Waals surface area contributed by atoms with E-state index in [2.05, 4.69) is 4.98 Å². The van der Waals surface area contributed by atoms with Crippen molar-refractivity contribution >= 4 is 40.5 Å². The largest absolute Gasteiger partial charge is 0.481 e. The van der Waals surface area contributed by atoms with Gasteiger partial charge in [-0.05, 0) is 25.1 Å². The molecule has 2 rings (SSSR count). The summed E-state index contributed by atoms with van der Waals surface area (Å²) in [6, 6.07) is 5.16. The number of carbonyl (C=O) groups is 1. The van der Waals surface area contributed by atoms with E-state index in [1.807, 2.05) is 0 Å². The van der Waals surface area contributed by atoms with E-state index in [9.17, 15) is 4.79 Å². The Kier molecular flexibility index (Phi) is 3.90. The number of aryl methyl sites for hydroxylation is 1. The van der Waals surface area contributed by atoms with Gasteiger partial charge in [0, 0.05) is 20.5 Å². The summed E-state index contributed by atoms with van der Waals surface area (Å²) in [6.07, 6.45) is -0.0161. The summed E-state index contributed by atoms with van der Waals surface area (Å²) in [5.41, 5.74) is 1.53. The maximum atomic E-state index is 10.7. The highest BCUT2D eigenvalue weighted by Crippen LogP contribution is 2.32. The van der Waals surface area contributed by atoms with Gasteiger partial charge < -0.3 is 5.11 Å². The molecule has 2 aromatic rings. The minimum Gasteiger partial charge on any atom is -0.481 e. The normalized spacial score (nSPS) is 10.6. The lowest BCUT2D eigenvalue weighted by Gasteiger charge is -1.98. The van der Waals surface area contributed by atoms with Crippen LogP contribution >= 0.6 is 34.5 Å². The number of halogens is 2. The Hall–Kier alpha value is -1.10. The molecule has 0 amide bonds. The van der Waals surface area contributed by atoms with Crippen LogP contribution in [0.2, 0.25) is 10.0 Å². The van der Waals surface area contributed by atoms with E-state index in [-0.39, 0.29) is 6.42 Å². The molecule has 0 saturated carbocycles. The van der Waals surface area contributed by atoms with E-state index >= 15 is 0 Å². The van der Waals surface area contributed by atoms with Gasteiger partial charge in [0.2, 0.25) is 0 Å². The number of aliphatic carboxylic acids is 1. The van der Waals surface area contributed by atoms with Crippen LogP contribution in [0.5, 0.6) is 0 Å². The van der Waals surface area contributed by atoms with Crippen LogP contribution in [0.4, 0.5) is 0 Å². The molecule has 1 N–H and O–H groups in total. The molecular weight excluding hydrogens is 293 g/mol. The lowest BCUT2D eigenvalue weighted by atomic mass is 10.2. The first-order valence-electron chi connectivity index (χ1n) is 5.10. The van der Waals surface area contributed by atoms with Crippen LogP contribution in [0.15, 0.2) is 18.2 Å². The molecule has 1 aromatic carbocycles. The number of rotatable bonds is 3. The van der Waals surface area contributed by atoms with Gasteiger partial charge in [0.05, 0.1) is 12.1 Å². The average molecular weight is 302 g/mol. The van der Waals surface area contributed by atoms with Crippen LogP contribution in [0.25, 0.3) is 10.6 Å². The van der Waals surface area contributed by atoms with Crippen molar-refractivity contribution < 1.29 is 9.90 Å². The molecule has 18 heavy (non-hydrogen) atoms. The number of hydrogen-bond donors (Lipinski definition) is 1.